The van der Waals surface area contributed by atoms with Crippen LogP contribution in [-0.4, -0.2) is 5.84 Å². The molecule has 9 aromatic rings. The van der Waals surface area contributed by atoms with E-state index in [1.807, 2.05) is 29.5 Å². The monoisotopic (exact) mass is 677 g/mol. The highest BCUT2D eigenvalue weighted by molar-refractivity contribution is 7.19. The molecule has 0 radical (unpaired) electrons. The van der Waals surface area contributed by atoms with Crippen molar-refractivity contribution in [1.29, 1.82) is 0 Å². The molecule has 2 atom stereocenters. The Morgan fingerprint density at radius 1 is 0.627 bits per heavy atom. The summed E-state index contributed by atoms with van der Waals surface area (Å²) >= 11 is 1.92. The van der Waals surface area contributed by atoms with Crippen LogP contribution in [0.15, 0.2) is 147 Å². The van der Waals surface area contributed by atoms with Crippen LogP contribution >= 0.6 is 11.3 Å². The highest BCUT2D eigenvalue weighted by Crippen LogP contribution is 2.40. The average molecular weight is 678 g/mol. The maximum absolute atomic E-state index is 6.50. The molecule has 11 rings (SSSR count). The molecule has 51 heavy (non-hydrogen) atoms. The molecule has 0 fully saturated rings. The van der Waals surface area contributed by atoms with Gasteiger partial charge in [0.1, 0.15) is 40.5 Å². The second kappa shape index (κ2) is 11.3. The standard InChI is InChI=1S/C45H31N3O2S/c1-2-9-26(10-3-1)43-46-44(28-19-22-41-36(24-28)33-12-5-7-16-40(33)51-41)48-45(47-43)29-17-20-32-35-23-27(18-21-38(35)49-39(32)25-29)30-13-8-14-34-31-11-4-6-15-37(31)50-42(30)34/h1-6,8-15,17-25,44-45,48H,7,16H2,(H,46,47). The van der Waals surface area contributed by atoms with E-state index in [9.17, 15) is 0 Å². The van der Waals surface area contributed by atoms with Gasteiger partial charge < -0.3 is 14.2 Å². The van der Waals surface area contributed by atoms with E-state index in [0.717, 1.165) is 84.8 Å². The van der Waals surface area contributed by atoms with Gasteiger partial charge in [-0.25, -0.2) is 4.99 Å². The summed E-state index contributed by atoms with van der Waals surface area (Å²) in [5.41, 5.74) is 10.3. The van der Waals surface area contributed by atoms with E-state index in [4.69, 9.17) is 13.8 Å². The molecule has 2 N–H and O–H groups in total. The minimum atomic E-state index is -0.280. The third-order valence-electron chi connectivity index (χ3n) is 10.4. The normalized spacial score (nSPS) is 17.4. The first-order chi connectivity index (χ1) is 25.2. The number of amidine groups is 1. The first kappa shape index (κ1) is 28.8. The molecule has 0 bridgehead atoms. The van der Waals surface area contributed by atoms with Crippen molar-refractivity contribution < 1.29 is 8.83 Å². The fourth-order valence-electron chi connectivity index (χ4n) is 7.90. The maximum atomic E-state index is 6.50. The number of thiophene rings is 1. The lowest BCUT2D eigenvalue weighted by Crippen LogP contribution is -2.44. The molecule has 0 amide bonds. The Kier molecular flexibility index (Phi) is 6.38. The summed E-state index contributed by atoms with van der Waals surface area (Å²) in [5, 5.41) is 13.3. The van der Waals surface area contributed by atoms with Crippen LogP contribution in [0, 0.1) is 0 Å². The SMILES string of the molecule is C1=Cc2c(sc3ccc(C4NC(c5ccccc5)=NC(c5ccc6c(c5)oc5ccc(-c7cccc8c7oc7ccccc78)cc56)N4)cc23)CC1. The maximum Gasteiger partial charge on any atom is 0.143 e. The number of hydrogen-bond acceptors (Lipinski definition) is 6. The van der Waals surface area contributed by atoms with E-state index >= 15 is 0 Å². The highest BCUT2D eigenvalue weighted by Gasteiger charge is 2.27. The van der Waals surface area contributed by atoms with Crippen LogP contribution < -0.4 is 10.6 Å². The lowest BCUT2D eigenvalue weighted by atomic mass is 9.99. The molecule has 2 aliphatic rings. The van der Waals surface area contributed by atoms with Gasteiger partial charge in [-0.15, -0.1) is 11.3 Å². The second-order valence-electron chi connectivity index (χ2n) is 13.5. The number of aryl methyl sites for hydroxylation is 1. The summed E-state index contributed by atoms with van der Waals surface area (Å²) in [6.07, 6.45) is 6.42. The van der Waals surface area contributed by atoms with E-state index in [-0.39, 0.29) is 12.3 Å². The van der Waals surface area contributed by atoms with E-state index in [0.29, 0.717) is 0 Å². The third kappa shape index (κ3) is 4.68. The zero-order valence-electron chi connectivity index (χ0n) is 27.5. The summed E-state index contributed by atoms with van der Waals surface area (Å²) in [6, 6.07) is 44.8. The summed E-state index contributed by atoms with van der Waals surface area (Å²) in [4.78, 5) is 6.70. The Hall–Kier alpha value is -5.95. The number of para-hydroxylation sites is 2. The van der Waals surface area contributed by atoms with Gasteiger partial charge >= 0.3 is 0 Å². The fourth-order valence-corrected chi connectivity index (χ4v) is 9.09. The fraction of sp³-hybridized carbons (Fsp3) is 0.0889. The molecule has 0 spiro atoms. The van der Waals surface area contributed by atoms with Crippen molar-refractivity contribution in [3.8, 4) is 11.1 Å². The van der Waals surface area contributed by atoms with Crippen LogP contribution in [0.5, 0.6) is 0 Å². The Morgan fingerprint density at radius 2 is 1.47 bits per heavy atom. The predicted octanol–water partition coefficient (Wildman–Crippen LogP) is 11.7. The molecule has 244 valence electrons. The molecule has 4 heterocycles. The zero-order chi connectivity index (χ0) is 33.5. The molecule has 3 aromatic heterocycles. The summed E-state index contributed by atoms with van der Waals surface area (Å²) < 4.78 is 14.2. The molecule has 6 aromatic carbocycles. The molecule has 6 heteroatoms. The number of aliphatic imine (C=N–C) groups is 1. The third-order valence-corrected chi connectivity index (χ3v) is 11.7. The summed E-state index contributed by atoms with van der Waals surface area (Å²) in [7, 11) is 0. The Balaban J connectivity index is 0.987. The minimum absolute atomic E-state index is 0.134. The van der Waals surface area contributed by atoms with Gasteiger partial charge in [0.15, 0.2) is 0 Å². The number of nitrogens with one attached hydrogen (secondary N) is 2. The molecule has 2 unspecified atom stereocenters. The van der Waals surface area contributed by atoms with Gasteiger partial charge in [0, 0.05) is 47.6 Å². The summed E-state index contributed by atoms with van der Waals surface area (Å²) in [6.45, 7) is 0. The van der Waals surface area contributed by atoms with Gasteiger partial charge in [-0.1, -0.05) is 103 Å². The highest BCUT2D eigenvalue weighted by atomic mass is 32.1. The Bertz CT molecular complexity index is 2890. The van der Waals surface area contributed by atoms with Gasteiger partial charge in [-0.05, 0) is 71.5 Å². The van der Waals surface area contributed by atoms with E-state index in [2.05, 4.69) is 132 Å². The molecular weight excluding hydrogens is 647 g/mol. The van der Waals surface area contributed by atoms with Crippen LogP contribution in [0.1, 0.15) is 45.9 Å². The van der Waals surface area contributed by atoms with Crippen molar-refractivity contribution in [2.75, 3.05) is 0 Å². The second-order valence-corrected chi connectivity index (χ2v) is 14.6. The number of nitrogens with zero attached hydrogens (tertiary/aromatic N) is 1. The molecule has 1 aliphatic heterocycles. The van der Waals surface area contributed by atoms with Crippen molar-refractivity contribution >= 4 is 77.2 Å². The molecule has 5 nitrogen and oxygen atoms in total. The van der Waals surface area contributed by atoms with Crippen molar-refractivity contribution in [3.63, 3.8) is 0 Å². The topological polar surface area (TPSA) is 62.7 Å². The zero-order valence-corrected chi connectivity index (χ0v) is 28.3. The van der Waals surface area contributed by atoms with Gasteiger partial charge in [-0.3, -0.25) is 5.32 Å². The smallest absolute Gasteiger partial charge is 0.143 e. The van der Waals surface area contributed by atoms with E-state index in [1.165, 1.54) is 26.1 Å². The molecule has 0 saturated heterocycles. The summed E-state index contributed by atoms with van der Waals surface area (Å²) in [5.74, 6) is 0.866. The largest absolute Gasteiger partial charge is 0.456 e. The van der Waals surface area contributed by atoms with Gasteiger partial charge in [0.2, 0.25) is 0 Å². The average Bonchev–Trinajstić information content (AvgIpc) is 3.88. The van der Waals surface area contributed by atoms with Crippen LogP contribution in [0.2, 0.25) is 0 Å². The molecule has 0 saturated carbocycles. The van der Waals surface area contributed by atoms with Gasteiger partial charge in [0.05, 0.1) is 0 Å². The van der Waals surface area contributed by atoms with Crippen LogP contribution in [0.25, 0.3) is 71.2 Å². The minimum Gasteiger partial charge on any atom is -0.456 e. The van der Waals surface area contributed by atoms with Crippen LogP contribution in [-0.2, 0) is 6.42 Å². The van der Waals surface area contributed by atoms with Gasteiger partial charge in [0.25, 0.3) is 0 Å². The van der Waals surface area contributed by atoms with Crippen molar-refractivity contribution in [2.24, 2.45) is 4.99 Å². The number of fused-ring (bicyclic) bond motifs is 9. The first-order valence-electron chi connectivity index (χ1n) is 17.5. The number of benzene rings is 6. The quantitative estimate of drug-likeness (QED) is 0.195. The lowest BCUT2D eigenvalue weighted by molar-refractivity contribution is 0.409. The van der Waals surface area contributed by atoms with E-state index < -0.39 is 0 Å². The Labute approximate surface area is 297 Å². The van der Waals surface area contributed by atoms with Gasteiger partial charge in [-0.2, -0.15) is 0 Å². The number of furan rings is 2. The number of hydrogen-bond donors (Lipinski definition) is 2. The predicted molar refractivity (Wildman–Crippen MR) is 210 cm³/mol. The Morgan fingerprint density at radius 3 is 2.43 bits per heavy atom. The van der Waals surface area contributed by atoms with Crippen molar-refractivity contribution in [1.82, 2.24) is 10.6 Å². The first-order valence-corrected chi connectivity index (χ1v) is 18.3. The number of allylic oxidation sites excluding steroid dienone is 1. The van der Waals surface area contributed by atoms with Crippen molar-refractivity contribution in [3.05, 3.63) is 161 Å². The lowest BCUT2D eigenvalue weighted by Gasteiger charge is -2.32. The van der Waals surface area contributed by atoms with Crippen LogP contribution in [0.4, 0.5) is 0 Å². The molecule has 1 aliphatic carbocycles. The number of rotatable bonds is 4. The van der Waals surface area contributed by atoms with Crippen LogP contribution in [0.3, 0.4) is 0 Å². The van der Waals surface area contributed by atoms with E-state index in [1.54, 1.807) is 0 Å². The molecular formula is C45H31N3O2S. The van der Waals surface area contributed by atoms with Crippen molar-refractivity contribution in [2.45, 2.75) is 25.2 Å².